The van der Waals surface area contributed by atoms with Crippen molar-refractivity contribution < 1.29 is 13.9 Å². The number of nitrogens with one attached hydrogen (secondary N) is 1. The summed E-state index contributed by atoms with van der Waals surface area (Å²) in [4.78, 5) is 12.3. The van der Waals surface area contributed by atoms with Crippen LogP contribution in [0, 0.1) is 0 Å². The number of aromatic nitrogens is 3. The van der Waals surface area contributed by atoms with E-state index in [1.807, 2.05) is 65.2 Å². The molecule has 2 aromatic heterocycles. The van der Waals surface area contributed by atoms with Gasteiger partial charge in [0.1, 0.15) is 11.5 Å². The number of carbonyl (C=O) groups is 1. The second kappa shape index (κ2) is 9.32. The number of ether oxygens (including phenoxy) is 1. The number of furan rings is 1. The third-order valence-corrected chi connectivity index (χ3v) is 5.29. The van der Waals surface area contributed by atoms with Crippen molar-refractivity contribution in [2.45, 2.75) is 11.7 Å². The zero-order valence-electron chi connectivity index (χ0n) is 16.3. The minimum Gasteiger partial charge on any atom is -0.495 e. The Morgan fingerprint density at radius 3 is 2.63 bits per heavy atom. The van der Waals surface area contributed by atoms with Gasteiger partial charge in [-0.05, 0) is 24.3 Å². The maximum Gasteiger partial charge on any atom is 0.230 e. The van der Waals surface area contributed by atoms with Gasteiger partial charge in [0.25, 0.3) is 0 Å². The summed E-state index contributed by atoms with van der Waals surface area (Å²) in [7, 11) is 1.63. The largest absolute Gasteiger partial charge is 0.495 e. The molecule has 0 radical (unpaired) electrons. The Bertz CT molecular complexity index is 1110. The van der Waals surface area contributed by atoms with Gasteiger partial charge in [0, 0.05) is 5.56 Å². The van der Waals surface area contributed by atoms with Crippen LogP contribution in [0.2, 0.25) is 0 Å². The Morgan fingerprint density at radius 1 is 1.07 bits per heavy atom. The summed E-state index contributed by atoms with van der Waals surface area (Å²) in [5.41, 5.74) is 1.73. The first kappa shape index (κ1) is 19.8. The quantitative estimate of drug-likeness (QED) is 0.435. The number of carbonyl (C=O) groups excluding carboxylic acids is 1. The molecule has 0 aliphatic heterocycles. The van der Waals surface area contributed by atoms with E-state index >= 15 is 0 Å². The lowest BCUT2D eigenvalue weighted by Gasteiger charge is -2.13. The number of methoxy groups -OCH3 is 1. The van der Waals surface area contributed by atoms with Gasteiger partial charge in [-0.1, -0.05) is 54.2 Å². The van der Waals surface area contributed by atoms with Crippen molar-refractivity contribution in [1.82, 2.24) is 20.1 Å². The molecule has 7 nitrogen and oxygen atoms in total. The first-order valence-corrected chi connectivity index (χ1v) is 10.3. The molecule has 0 saturated heterocycles. The van der Waals surface area contributed by atoms with Gasteiger partial charge in [-0.2, -0.15) is 0 Å². The van der Waals surface area contributed by atoms with Crippen LogP contribution in [-0.2, 0) is 11.3 Å². The number of para-hydroxylation sites is 2. The summed E-state index contributed by atoms with van der Waals surface area (Å²) in [5.74, 6) is 2.16. The number of benzene rings is 2. The highest BCUT2D eigenvalue weighted by Gasteiger charge is 2.19. The van der Waals surface area contributed by atoms with E-state index in [1.54, 1.807) is 19.4 Å². The van der Waals surface area contributed by atoms with E-state index < -0.39 is 0 Å². The first-order chi connectivity index (χ1) is 14.8. The van der Waals surface area contributed by atoms with Gasteiger partial charge >= 0.3 is 0 Å². The van der Waals surface area contributed by atoms with E-state index in [0.717, 1.165) is 11.3 Å². The van der Waals surface area contributed by atoms with Gasteiger partial charge in [-0.25, -0.2) is 0 Å². The highest BCUT2D eigenvalue weighted by Crippen LogP contribution is 2.32. The van der Waals surface area contributed by atoms with Gasteiger partial charge in [-0.15, -0.1) is 10.2 Å². The average Bonchev–Trinajstić information content (AvgIpc) is 3.46. The Labute approximate surface area is 178 Å². The molecule has 1 amide bonds. The molecule has 4 aromatic rings. The second-order valence-corrected chi connectivity index (χ2v) is 7.27. The molecule has 0 aliphatic carbocycles. The number of nitrogens with zero attached hydrogens (tertiary/aromatic N) is 3. The Kier molecular flexibility index (Phi) is 6.14. The molecule has 0 spiro atoms. The number of hydrogen-bond acceptors (Lipinski definition) is 6. The molecular weight excluding hydrogens is 400 g/mol. The molecule has 0 atom stereocenters. The lowest BCUT2D eigenvalue weighted by molar-refractivity contribution is -0.118. The van der Waals surface area contributed by atoms with Gasteiger partial charge in [0.2, 0.25) is 5.91 Å². The molecule has 0 saturated carbocycles. The van der Waals surface area contributed by atoms with Crippen molar-refractivity contribution >= 4 is 17.7 Å². The summed E-state index contributed by atoms with van der Waals surface area (Å²) >= 11 is 1.31. The standard InChI is InChI=1S/C22H20N4O3S/c1-28-19-12-6-5-11-18(19)26-21(16-8-3-2-4-9-16)24-25-22(26)30-15-20(27)23-14-17-10-7-13-29-17/h2-13H,14-15H2,1H3,(H,23,27). The second-order valence-electron chi connectivity index (χ2n) is 6.32. The monoisotopic (exact) mass is 420 g/mol. The molecule has 2 aromatic carbocycles. The molecule has 8 heteroatoms. The molecule has 30 heavy (non-hydrogen) atoms. The maximum absolute atomic E-state index is 12.3. The summed E-state index contributed by atoms with van der Waals surface area (Å²) in [6, 6.07) is 21.1. The molecule has 4 rings (SSSR count). The minimum absolute atomic E-state index is 0.118. The highest BCUT2D eigenvalue weighted by molar-refractivity contribution is 7.99. The third kappa shape index (κ3) is 4.38. The van der Waals surface area contributed by atoms with Crippen LogP contribution < -0.4 is 10.1 Å². The SMILES string of the molecule is COc1ccccc1-n1c(SCC(=O)NCc2ccco2)nnc1-c1ccccc1. The molecule has 2 heterocycles. The van der Waals surface area contributed by atoms with Crippen molar-refractivity contribution in [1.29, 1.82) is 0 Å². The molecule has 0 unspecified atom stereocenters. The zero-order chi connectivity index (χ0) is 20.8. The first-order valence-electron chi connectivity index (χ1n) is 9.32. The topological polar surface area (TPSA) is 82.2 Å². The lowest BCUT2D eigenvalue weighted by atomic mass is 10.2. The number of rotatable bonds is 8. The van der Waals surface area contributed by atoms with Crippen LogP contribution in [0.3, 0.4) is 0 Å². The van der Waals surface area contributed by atoms with Gasteiger partial charge in [0.05, 0.1) is 31.4 Å². The van der Waals surface area contributed by atoms with Gasteiger partial charge in [0.15, 0.2) is 11.0 Å². The fourth-order valence-corrected chi connectivity index (χ4v) is 3.72. The highest BCUT2D eigenvalue weighted by atomic mass is 32.2. The predicted octanol–water partition coefficient (Wildman–Crippen LogP) is 3.94. The van der Waals surface area contributed by atoms with Crippen molar-refractivity contribution in [3.63, 3.8) is 0 Å². The predicted molar refractivity (Wildman–Crippen MR) is 115 cm³/mol. The van der Waals surface area contributed by atoms with E-state index in [4.69, 9.17) is 9.15 Å². The smallest absolute Gasteiger partial charge is 0.230 e. The van der Waals surface area contributed by atoms with Crippen LogP contribution >= 0.6 is 11.8 Å². The Hall–Kier alpha value is -3.52. The van der Waals surface area contributed by atoms with Crippen LogP contribution in [-0.4, -0.2) is 33.5 Å². The Balaban J connectivity index is 1.60. The van der Waals surface area contributed by atoms with Crippen molar-refractivity contribution in [3.05, 3.63) is 78.8 Å². The van der Waals surface area contributed by atoms with Gasteiger partial charge < -0.3 is 14.5 Å². The molecule has 0 bridgehead atoms. The molecule has 1 N–H and O–H groups in total. The molecule has 152 valence electrons. The normalized spacial score (nSPS) is 10.7. The van der Waals surface area contributed by atoms with E-state index in [9.17, 15) is 4.79 Å². The molecular formula is C22H20N4O3S. The third-order valence-electron chi connectivity index (χ3n) is 4.36. The van der Waals surface area contributed by atoms with Crippen molar-refractivity contribution in [3.8, 4) is 22.8 Å². The fourth-order valence-electron chi connectivity index (χ4n) is 2.95. The Morgan fingerprint density at radius 2 is 1.87 bits per heavy atom. The molecule has 0 aliphatic rings. The summed E-state index contributed by atoms with van der Waals surface area (Å²) in [6.07, 6.45) is 1.58. The van der Waals surface area contributed by atoms with Crippen LogP contribution in [0.25, 0.3) is 17.1 Å². The van der Waals surface area contributed by atoms with Crippen LogP contribution in [0.1, 0.15) is 5.76 Å². The van der Waals surface area contributed by atoms with Crippen LogP contribution in [0.15, 0.2) is 82.6 Å². The molecule has 0 fully saturated rings. The van der Waals surface area contributed by atoms with Crippen molar-refractivity contribution in [2.24, 2.45) is 0 Å². The van der Waals surface area contributed by atoms with E-state index in [0.29, 0.717) is 29.0 Å². The van der Waals surface area contributed by atoms with E-state index in [2.05, 4.69) is 15.5 Å². The van der Waals surface area contributed by atoms with E-state index in [-0.39, 0.29) is 11.7 Å². The minimum atomic E-state index is -0.118. The summed E-state index contributed by atoms with van der Waals surface area (Å²) in [5, 5.41) is 12.2. The lowest BCUT2D eigenvalue weighted by Crippen LogP contribution is -2.24. The average molecular weight is 420 g/mol. The van der Waals surface area contributed by atoms with Crippen molar-refractivity contribution in [2.75, 3.05) is 12.9 Å². The number of thioether (sulfide) groups is 1. The zero-order valence-corrected chi connectivity index (χ0v) is 17.1. The number of hydrogen-bond donors (Lipinski definition) is 1. The number of amides is 1. The maximum atomic E-state index is 12.3. The van der Waals surface area contributed by atoms with E-state index in [1.165, 1.54) is 11.8 Å². The fraction of sp³-hybridized carbons (Fsp3) is 0.136. The van der Waals surface area contributed by atoms with Gasteiger partial charge in [-0.3, -0.25) is 9.36 Å². The summed E-state index contributed by atoms with van der Waals surface area (Å²) in [6.45, 7) is 0.348. The van der Waals surface area contributed by atoms with Crippen LogP contribution in [0.4, 0.5) is 0 Å². The summed E-state index contributed by atoms with van der Waals surface area (Å²) < 4.78 is 12.7. The van der Waals surface area contributed by atoms with Crippen LogP contribution in [0.5, 0.6) is 5.75 Å².